The highest BCUT2D eigenvalue weighted by Gasteiger charge is 2.25. The number of ether oxygens (including phenoxy) is 1. The zero-order valence-electron chi connectivity index (χ0n) is 12.6. The zero-order chi connectivity index (χ0) is 14.4. The van der Waals surface area contributed by atoms with E-state index < -0.39 is 0 Å². The minimum atomic E-state index is -0.153. The topological polar surface area (TPSA) is 21.3 Å². The lowest BCUT2D eigenvalue weighted by molar-refractivity contribution is 0.321. The molecule has 0 spiro atoms. The van der Waals surface area contributed by atoms with Gasteiger partial charge in [0.05, 0.1) is 7.11 Å². The summed E-state index contributed by atoms with van der Waals surface area (Å²) in [6.45, 7) is 2.96. The van der Waals surface area contributed by atoms with Gasteiger partial charge in [-0.2, -0.15) is 0 Å². The smallest absolute Gasteiger partial charge is 0.131 e. The van der Waals surface area contributed by atoms with E-state index in [2.05, 4.69) is 12.2 Å². The normalized spacial score (nSPS) is 18.6. The van der Waals surface area contributed by atoms with Crippen molar-refractivity contribution in [2.45, 2.75) is 51.5 Å². The van der Waals surface area contributed by atoms with Crippen LogP contribution in [-0.4, -0.2) is 13.7 Å². The second-order valence-corrected chi connectivity index (χ2v) is 5.67. The number of methoxy groups -OCH3 is 1. The van der Waals surface area contributed by atoms with Gasteiger partial charge in [0.2, 0.25) is 0 Å². The molecule has 2 nitrogen and oxygen atoms in total. The van der Waals surface area contributed by atoms with Crippen molar-refractivity contribution in [1.29, 1.82) is 0 Å². The van der Waals surface area contributed by atoms with Gasteiger partial charge in [-0.25, -0.2) is 4.39 Å². The summed E-state index contributed by atoms with van der Waals surface area (Å²) in [5.41, 5.74) is 0.791. The molecule has 1 aliphatic carbocycles. The maximum atomic E-state index is 14.3. The summed E-state index contributed by atoms with van der Waals surface area (Å²) in [6, 6.07) is 5.37. The van der Waals surface area contributed by atoms with Crippen molar-refractivity contribution in [3.63, 3.8) is 0 Å². The Bertz CT molecular complexity index is 413. The van der Waals surface area contributed by atoms with Crippen LogP contribution in [0.15, 0.2) is 18.2 Å². The monoisotopic (exact) mass is 279 g/mol. The Kier molecular flexibility index (Phi) is 5.84. The van der Waals surface area contributed by atoms with Gasteiger partial charge in [0.1, 0.15) is 11.6 Å². The Morgan fingerprint density at radius 1 is 1.25 bits per heavy atom. The van der Waals surface area contributed by atoms with Crippen molar-refractivity contribution >= 4 is 0 Å². The van der Waals surface area contributed by atoms with Gasteiger partial charge in [-0.3, -0.25) is 0 Å². The number of rotatable bonds is 5. The zero-order valence-corrected chi connectivity index (χ0v) is 12.6. The van der Waals surface area contributed by atoms with Crippen LogP contribution in [0.1, 0.15) is 57.1 Å². The number of halogens is 1. The van der Waals surface area contributed by atoms with E-state index in [1.54, 1.807) is 7.11 Å². The second kappa shape index (κ2) is 7.63. The summed E-state index contributed by atoms with van der Waals surface area (Å²) in [6.07, 6.45) is 7.57. The van der Waals surface area contributed by atoms with Crippen LogP contribution in [0.5, 0.6) is 5.75 Å². The molecule has 0 aliphatic heterocycles. The molecular formula is C17H26FNO. The lowest BCUT2D eigenvalue weighted by atomic mass is 9.87. The number of hydrogen-bond acceptors (Lipinski definition) is 2. The van der Waals surface area contributed by atoms with Crippen LogP contribution in [0.25, 0.3) is 0 Å². The van der Waals surface area contributed by atoms with Crippen LogP contribution < -0.4 is 10.1 Å². The van der Waals surface area contributed by atoms with E-state index in [9.17, 15) is 4.39 Å². The second-order valence-electron chi connectivity index (χ2n) is 5.67. The number of hydrogen-bond donors (Lipinski definition) is 1. The number of benzene rings is 1. The summed E-state index contributed by atoms with van der Waals surface area (Å²) in [5, 5.41) is 3.49. The number of nitrogens with one attached hydrogen (secondary N) is 1. The Balaban J connectivity index is 2.22. The van der Waals surface area contributed by atoms with Crippen molar-refractivity contribution in [3.8, 4) is 5.75 Å². The first-order valence-corrected chi connectivity index (χ1v) is 7.83. The molecule has 1 aliphatic rings. The molecule has 3 heteroatoms. The highest BCUT2D eigenvalue weighted by molar-refractivity contribution is 5.31. The first kappa shape index (κ1) is 15.3. The van der Waals surface area contributed by atoms with Crippen molar-refractivity contribution in [3.05, 3.63) is 29.6 Å². The average Bonchev–Trinajstić information content (AvgIpc) is 2.74. The summed E-state index contributed by atoms with van der Waals surface area (Å²) < 4.78 is 19.4. The molecule has 1 atom stereocenters. The molecule has 1 N–H and O–H groups in total. The Hall–Kier alpha value is -1.09. The molecule has 20 heavy (non-hydrogen) atoms. The van der Waals surface area contributed by atoms with Crippen molar-refractivity contribution < 1.29 is 9.13 Å². The van der Waals surface area contributed by atoms with Gasteiger partial charge in [-0.15, -0.1) is 0 Å². The molecule has 0 amide bonds. The van der Waals surface area contributed by atoms with Crippen LogP contribution in [0.3, 0.4) is 0 Å². The van der Waals surface area contributed by atoms with Gasteiger partial charge >= 0.3 is 0 Å². The minimum Gasteiger partial charge on any atom is -0.497 e. The first-order chi connectivity index (χ1) is 9.76. The van der Waals surface area contributed by atoms with Crippen LogP contribution in [0, 0.1) is 11.7 Å². The molecule has 1 aromatic rings. The van der Waals surface area contributed by atoms with Crippen LogP contribution in [-0.2, 0) is 0 Å². The van der Waals surface area contributed by atoms with Crippen molar-refractivity contribution in [2.24, 2.45) is 5.92 Å². The first-order valence-electron chi connectivity index (χ1n) is 7.83. The highest BCUT2D eigenvalue weighted by Crippen LogP contribution is 2.35. The third kappa shape index (κ3) is 3.72. The Morgan fingerprint density at radius 3 is 2.50 bits per heavy atom. The Morgan fingerprint density at radius 2 is 1.95 bits per heavy atom. The van der Waals surface area contributed by atoms with Crippen LogP contribution in [0.4, 0.5) is 4.39 Å². The molecule has 1 saturated carbocycles. The lowest BCUT2D eigenvalue weighted by Gasteiger charge is -2.28. The van der Waals surface area contributed by atoms with Gasteiger partial charge in [0.15, 0.2) is 0 Å². The SMILES string of the molecule is CCNC(c1ccc(OC)cc1F)C1CCCCCC1. The molecule has 1 unspecified atom stereocenters. The van der Waals surface area contributed by atoms with E-state index in [1.165, 1.54) is 44.6 Å². The average molecular weight is 279 g/mol. The predicted octanol–water partition coefficient (Wildman–Crippen LogP) is 4.46. The fourth-order valence-corrected chi connectivity index (χ4v) is 3.28. The molecule has 2 rings (SSSR count). The van der Waals surface area contributed by atoms with E-state index >= 15 is 0 Å². The van der Waals surface area contributed by atoms with Crippen LogP contribution in [0.2, 0.25) is 0 Å². The van der Waals surface area contributed by atoms with E-state index in [0.717, 1.165) is 12.1 Å². The van der Waals surface area contributed by atoms with Gasteiger partial charge in [-0.05, 0) is 31.4 Å². The standard InChI is InChI=1S/C17H26FNO/c1-3-19-17(13-8-6-4-5-7-9-13)15-11-10-14(20-2)12-16(15)18/h10-13,17,19H,3-9H2,1-2H3. The quantitative estimate of drug-likeness (QED) is 0.804. The van der Waals surface area contributed by atoms with Gasteiger partial charge in [0.25, 0.3) is 0 Å². The minimum absolute atomic E-state index is 0.129. The summed E-state index contributed by atoms with van der Waals surface area (Å²) in [7, 11) is 1.57. The highest BCUT2D eigenvalue weighted by atomic mass is 19.1. The predicted molar refractivity (Wildman–Crippen MR) is 80.6 cm³/mol. The van der Waals surface area contributed by atoms with Gasteiger partial charge in [-0.1, -0.05) is 38.7 Å². The fraction of sp³-hybridized carbons (Fsp3) is 0.647. The molecule has 1 aromatic carbocycles. The molecular weight excluding hydrogens is 253 g/mol. The lowest BCUT2D eigenvalue weighted by Crippen LogP contribution is -2.29. The van der Waals surface area contributed by atoms with Crippen molar-refractivity contribution in [1.82, 2.24) is 5.32 Å². The maximum absolute atomic E-state index is 14.3. The molecule has 0 saturated heterocycles. The van der Waals surface area contributed by atoms with E-state index in [4.69, 9.17) is 4.74 Å². The molecule has 0 heterocycles. The molecule has 0 aromatic heterocycles. The van der Waals surface area contributed by atoms with Gasteiger partial charge in [0, 0.05) is 17.7 Å². The Labute approximate surface area is 121 Å². The van der Waals surface area contributed by atoms with Crippen molar-refractivity contribution in [2.75, 3.05) is 13.7 Å². The van der Waals surface area contributed by atoms with E-state index in [-0.39, 0.29) is 11.9 Å². The summed E-state index contributed by atoms with van der Waals surface area (Å²) >= 11 is 0. The van der Waals surface area contributed by atoms with E-state index in [0.29, 0.717) is 11.7 Å². The molecule has 0 radical (unpaired) electrons. The van der Waals surface area contributed by atoms with Crippen LogP contribution >= 0.6 is 0 Å². The molecule has 0 bridgehead atoms. The summed E-state index contributed by atoms with van der Waals surface area (Å²) in [5.74, 6) is 0.974. The van der Waals surface area contributed by atoms with Gasteiger partial charge < -0.3 is 10.1 Å². The third-order valence-corrected chi connectivity index (χ3v) is 4.34. The fourth-order valence-electron chi connectivity index (χ4n) is 3.28. The third-order valence-electron chi connectivity index (χ3n) is 4.34. The molecule has 1 fully saturated rings. The largest absolute Gasteiger partial charge is 0.497 e. The summed E-state index contributed by atoms with van der Waals surface area (Å²) in [4.78, 5) is 0. The molecule has 112 valence electrons. The van der Waals surface area contributed by atoms with E-state index in [1.807, 2.05) is 12.1 Å². The maximum Gasteiger partial charge on any atom is 0.131 e.